The lowest BCUT2D eigenvalue weighted by molar-refractivity contribution is 0.248. The summed E-state index contributed by atoms with van der Waals surface area (Å²) in [5, 5.41) is 16.1. The van der Waals surface area contributed by atoms with Gasteiger partial charge in [-0.2, -0.15) is 4.98 Å². The van der Waals surface area contributed by atoms with Crippen molar-refractivity contribution in [2.24, 2.45) is 5.92 Å². The first-order chi connectivity index (χ1) is 13.5. The molecular weight excluding hydrogens is 357 g/mol. The number of aliphatic hydroxyl groups excluding tert-OH is 1. The van der Waals surface area contributed by atoms with Crippen LogP contribution >= 0.6 is 0 Å². The molecule has 1 aromatic carbocycles. The van der Waals surface area contributed by atoms with Crippen LogP contribution in [0.15, 0.2) is 54.7 Å². The highest BCUT2D eigenvalue weighted by Crippen LogP contribution is 2.21. The predicted molar refractivity (Wildman–Crippen MR) is 108 cm³/mol. The third-order valence-electron chi connectivity index (χ3n) is 4.36. The molecule has 0 saturated heterocycles. The summed E-state index contributed by atoms with van der Waals surface area (Å²) in [6.45, 7) is 4.51. The van der Waals surface area contributed by atoms with E-state index in [9.17, 15) is 9.50 Å². The van der Waals surface area contributed by atoms with Gasteiger partial charge in [-0.15, -0.1) is 0 Å². The largest absolute Gasteiger partial charge is 0.394 e. The quantitative estimate of drug-likeness (QED) is 0.552. The van der Waals surface area contributed by atoms with E-state index in [0.29, 0.717) is 24.0 Å². The van der Waals surface area contributed by atoms with Gasteiger partial charge in [-0.3, -0.25) is 4.98 Å². The second kappa shape index (κ2) is 9.23. The van der Waals surface area contributed by atoms with E-state index in [-0.39, 0.29) is 24.4 Å². The van der Waals surface area contributed by atoms with Crippen LogP contribution < -0.4 is 10.6 Å². The minimum Gasteiger partial charge on any atom is -0.394 e. The monoisotopic (exact) mass is 381 g/mol. The highest BCUT2D eigenvalue weighted by Gasteiger charge is 2.15. The molecule has 6 nitrogen and oxygen atoms in total. The Balaban J connectivity index is 1.87. The smallest absolute Gasteiger partial charge is 0.225 e. The fourth-order valence-corrected chi connectivity index (χ4v) is 2.63. The Hall–Kier alpha value is -3.06. The Morgan fingerprint density at radius 3 is 2.46 bits per heavy atom. The second-order valence-corrected chi connectivity index (χ2v) is 6.83. The minimum atomic E-state index is -0.265. The number of benzene rings is 1. The van der Waals surface area contributed by atoms with Crippen LogP contribution in [0.5, 0.6) is 0 Å². The van der Waals surface area contributed by atoms with E-state index in [1.165, 1.54) is 12.1 Å². The standard InChI is InChI=1S/C21H24FN5O/c1-14(2)19(13-28)26-21-25-18(17-5-3-4-10-23-17)11-20(27-21)24-12-15-6-8-16(22)9-7-15/h3-11,14,19,28H,12-13H2,1-2H3,(H2,24,25,26,27)/t19-/m1/s1. The van der Waals surface area contributed by atoms with Crippen LogP contribution in [-0.4, -0.2) is 32.7 Å². The number of aliphatic hydroxyl groups is 1. The van der Waals surface area contributed by atoms with Gasteiger partial charge in [0.05, 0.1) is 24.0 Å². The first kappa shape index (κ1) is 19.7. The molecule has 0 unspecified atom stereocenters. The van der Waals surface area contributed by atoms with Crippen molar-refractivity contribution in [2.75, 3.05) is 17.2 Å². The van der Waals surface area contributed by atoms with Gasteiger partial charge in [-0.1, -0.05) is 32.0 Å². The number of anilines is 2. The number of nitrogens with zero attached hydrogens (tertiary/aromatic N) is 3. The van der Waals surface area contributed by atoms with Gasteiger partial charge in [0.2, 0.25) is 5.95 Å². The maximum Gasteiger partial charge on any atom is 0.225 e. The zero-order valence-electron chi connectivity index (χ0n) is 15.9. The molecule has 2 heterocycles. The lowest BCUT2D eigenvalue weighted by atomic mass is 10.1. The summed E-state index contributed by atoms with van der Waals surface area (Å²) in [6.07, 6.45) is 1.71. The van der Waals surface area contributed by atoms with Crippen LogP contribution in [0.1, 0.15) is 19.4 Å². The molecule has 3 aromatic rings. The Morgan fingerprint density at radius 1 is 1.04 bits per heavy atom. The topological polar surface area (TPSA) is 83.0 Å². The Labute approximate surface area is 163 Å². The number of rotatable bonds is 8. The van der Waals surface area contributed by atoms with Crippen molar-refractivity contribution in [2.45, 2.75) is 26.4 Å². The molecule has 0 saturated carbocycles. The van der Waals surface area contributed by atoms with Crippen LogP contribution in [0.2, 0.25) is 0 Å². The fourth-order valence-electron chi connectivity index (χ4n) is 2.63. The lowest BCUT2D eigenvalue weighted by Gasteiger charge is -2.20. The number of hydrogen-bond donors (Lipinski definition) is 3. The average Bonchev–Trinajstić information content (AvgIpc) is 2.72. The van der Waals surface area contributed by atoms with E-state index in [1.807, 2.05) is 38.1 Å². The number of hydrogen-bond acceptors (Lipinski definition) is 6. The van der Waals surface area contributed by atoms with E-state index in [2.05, 4.69) is 25.6 Å². The number of nitrogens with one attached hydrogen (secondary N) is 2. The van der Waals surface area contributed by atoms with E-state index in [0.717, 1.165) is 11.3 Å². The maximum absolute atomic E-state index is 13.1. The number of pyridine rings is 1. The van der Waals surface area contributed by atoms with Crippen molar-refractivity contribution in [1.29, 1.82) is 0 Å². The molecule has 0 bridgehead atoms. The van der Waals surface area contributed by atoms with E-state index < -0.39 is 0 Å². The van der Waals surface area contributed by atoms with Crippen LogP contribution in [0.3, 0.4) is 0 Å². The molecule has 0 fully saturated rings. The van der Waals surface area contributed by atoms with Gasteiger partial charge < -0.3 is 15.7 Å². The van der Waals surface area contributed by atoms with Gasteiger partial charge in [0.1, 0.15) is 11.6 Å². The Morgan fingerprint density at radius 2 is 1.82 bits per heavy atom. The normalized spacial score (nSPS) is 12.0. The van der Waals surface area contributed by atoms with Gasteiger partial charge in [-0.25, -0.2) is 9.37 Å². The van der Waals surface area contributed by atoms with Crippen molar-refractivity contribution in [3.8, 4) is 11.4 Å². The summed E-state index contributed by atoms with van der Waals surface area (Å²) in [6, 6.07) is 13.6. The molecule has 0 radical (unpaired) electrons. The summed E-state index contributed by atoms with van der Waals surface area (Å²) < 4.78 is 13.1. The molecule has 0 spiro atoms. The zero-order valence-corrected chi connectivity index (χ0v) is 15.9. The molecule has 0 aliphatic carbocycles. The van der Waals surface area contributed by atoms with E-state index in [1.54, 1.807) is 18.3 Å². The third-order valence-corrected chi connectivity index (χ3v) is 4.36. The minimum absolute atomic E-state index is 0.0207. The third kappa shape index (κ3) is 5.23. The molecule has 146 valence electrons. The van der Waals surface area contributed by atoms with Crippen LogP contribution in [0, 0.1) is 11.7 Å². The molecule has 7 heteroatoms. The molecule has 2 aromatic heterocycles. The van der Waals surface area contributed by atoms with Gasteiger partial charge in [0.15, 0.2) is 0 Å². The molecule has 3 N–H and O–H groups in total. The number of halogens is 1. The molecule has 0 aliphatic rings. The van der Waals surface area contributed by atoms with Crippen LogP contribution in [0.4, 0.5) is 16.2 Å². The predicted octanol–water partition coefficient (Wildman–Crippen LogP) is 3.72. The Kier molecular flexibility index (Phi) is 6.49. The second-order valence-electron chi connectivity index (χ2n) is 6.83. The molecular formula is C21H24FN5O. The molecule has 3 rings (SSSR count). The van der Waals surface area contributed by atoms with Gasteiger partial charge in [-0.05, 0) is 35.7 Å². The van der Waals surface area contributed by atoms with Crippen molar-refractivity contribution in [1.82, 2.24) is 15.0 Å². The van der Waals surface area contributed by atoms with Crippen LogP contribution in [0.25, 0.3) is 11.4 Å². The summed E-state index contributed by atoms with van der Waals surface area (Å²) in [5.74, 6) is 0.974. The highest BCUT2D eigenvalue weighted by molar-refractivity contribution is 5.61. The first-order valence-corrected chi connectivity index (χ1v) is 9.21. The Bertz CT molecular complexity index is 887. The first-order valence-electron chi connectivity index (χ1n) is 9.21. The maximum atomic E-state index is 13.1. The van der Waals surface area contributed by atoms with Gasteiger partial charge >= 0.3 is 0 Å². The SMILES string of the molecule is CC(C)[C@@H](CO)Nc1nc(NCc2ccc(F)cc2)cc(-c2ccccn2)n1. The summed E-state index contributed by atoms with van der Waals surface area (Å²) in [7, 11) is 0. The molecule has 28 heavy (non-hydrogen) atoms. The average molecular weight is 381 g/mol. The lowest BCUT2D eigenvalue weighted by Crippen LogP contribution is -2.30. The van der Waals surface area contributed by atoms with Crippen molar-refractivity contribution >= 4 is 11.8 Å². The zero-order chi connectivity index (χ0) is 19.9. The van der Waals surface area contributed by atoms with Gasteiger partial charge in [0.25, 0.3) is 0 Å². The fraction of sp³-hybridized carbons (Fsp3) is 0.286. The summed E-state index contributed by atoms with van der Waals surface area (Å²) in [5.41, 5.74) is 2.33. The van der Waals surface area contributed by atoms with E-state index in [4.69, 9.17) is 0 Å². The van der Waals surface area contributed by atoms with Crippen LogP contribution in [-0.2, 0) is 6.54 Å². The van der Waals surface area contributed by atoms with Crippen molar-refractivity contribution in [3.05, 3.63) is 66.1 Å². The van der Waals surface area contributed by atoms with E-state index >= 15 is 0 Å². The molecule has 1 atom stereocenters. The summed E-state index contributed by atoms with van der Waals surface area (Å²) >= 11 is 0. The summed E-state index contributed by atoms with van der Waals surface area (Å²) in [4.78, 5) is 13.4. The van der Waals surface area contributed by atoms with Crippen molar-refractivity contribution in [3.63, 3.8) is 0 Å². The molecule has 0 aliphatic heterocycles. The van der Waals surface area contributed by atoms with Crippen molar-refractivity contribution < 1.29 is 9.50 Å². The number of aromatic nitrogens is 3. The molecule has 0 amide bonds. The van der Waals surface area contributed by atoms with Gasteiger partial charge in [0, 0.05) is 18.8 Å². The highest BCUT2D eigenvalue weighted by atomic mass is 19.1.